The van der Waals surface area contributed by atoms with Gasteiger partial charge in [-0.15, -0.1) is 11.3 Å². The number of carbonyl (C=O) groups is 1. The highest BCUT2D eigenvalue weighted by Gasteiger charge is 2.23. The van der Waals surface area contributed by atoms with Gasteiger partial charge in [0, 0.05) is 29.0 Å². The Labute approximate surface area is 159 Å². The van der Waals surface area contributed by atoms with Crippen molar-refractivity contribution in [3.8, 4) is 0 Å². The molecule has 1 aliphatic heterocycles. The minimum atomic E-state index is 0.166. The zero-order chi connectivity index (χ0) is 17.1. The van der Waals surface area contributed by atoms with E-state index in [1.54, 1.807) is 0 Å². The molecule has 0 spiro atoms. The predicted octanol–water partition coefficient (Wildman–Crippen LogP) is 4.69. The first kappa shape index (κ1) is 17.0. The van der Waals surface area contributed by atoms with Gasteiger partial charge in [0.15, 0.2) is 5.58 Å². The smallest absolute Gasteiger partial charge is 0.257 e. The van der Waals surface area contributed by atoms with E-state index in [9.17, 15) is 4.79 Å². The molecule has 3 aromatic rings. The topological polar surface area (TPSA) is 46.3 Å². The van der Waals surface area contributed by atoms with Gasteiger partial charge in [0.25, 0.3) is 5.22 Å². The maximum atomic E-state index is 12.6. The van der Waals surface area contributed by atoms with Crippen molar-refractivity contribution in [3.05, 3.63) is 46.7 Å². The molecule has 1 aliphatic rings. The fourth-order valence-corrected chi connectivity index (χ4v) is 5.83. The first-order chi connectivity index (χ1) is 12.3. The number of thioether (sulfide) groups is 2. The van der Waals surface area contributed by atoms with Crippen LogP contribution in [0.25, 0.3) is 11.1 Å². The molecule has 0 saturated carbocycles. The predicted molar refractivity (Wildman–Crippen MR) is 105 cm³/mol. The number of aromatic nitrogens is 1. The largest absolute Gasteiger partial charge is 0.431 e. The minimum Gasteiger partial charge on any atom is -0.431 e. The Hall–Kier alpha value is -1.44. The summed E-state index contributed by atoms with van der Waals surface area (Å²) in [7, 11) is 0. The van der Waals surface area contributed by atoms with Crippen molar-refractivity contribution in [2.45, 2.75) is 16.9 Å². The molecule has 0 bridgehead atoms. The van der Waals surface area contributed by atoms with Gasteiger partial charge in [-0.1, -0.05) is 30.0 Å². The van der Waals surface area contributed by atoms with Crippen LogP contribution in [-0.2, 0) is 4.79 Å². The van der Waals surface area contributed by atoms with Gasteiger partial charge in [0.2, 0.25) is 5.91 Å². The van der Waals surface area contributed by atoms with E-state index in [1.165, 1.54) is 16.6 Å². The molecule has 1 atom stereocenters. The molecular weight excluding hydrogens is 372 g/mol. The van der Waals surface area contributed by atoms with E-state index in [0.717, 1.165) is 36.4 Å². The average Bonchev–Trinajstić information content (AvgIpc) is 3.24. The van der Waals surface area contributed by atoms with Gasteiger partial charge >= 0.3 is 0 Å². The molecule has 3 heterocycles. The minimum absolute atomic E-state index is 0.166. The molecule has 0 aliphatic carbocycles. The summed E-state index contributed by atoms with van der Waals surface area (Å²) in [6, 6.07) is 12.0. The fraction of sp³-hybridized carbons (Fsp3) is 0.333. The van der Waals surface area contributed by atoms with Gasteiger partial charge in [-0.05, 0) is 30.0 Å². The lowest BCUT2D eigenvalue weighted by molar-refractivity contribution is -0.128. The van der Waals surface area contributed by atoms with Crippen molar-refractivity contribution in [1.82, 2.24) is 9.88 Å². The second-order valence-corrected chi connectivity index (χ2v) is 9.00. The van der Waals surface area contributed by atoms with Gasteiger partial charge in [0.05, 0.1) is 5.75 Å². The zero-order valence-electron chi connectivity index (χ0n) is 13.6. The number of nitrogens with zero attached hydrogens (tertiary/aromatic N) is 2. The van der Waals surface area contributed by atoms with Crippen LogP contribution < -0.4 is 0 Å². The number of benzene rings is 1. The Morgan fingerprint density at radius 1 is 1.28 bits per heavy atom. The summed E-state index contributed by atoms with van der Waals surface area (Å²) in [5.74, 6) is 1.53. The van der Waals surface area contributed by atoms with Crippen LogP contribution in [0, 0.1) is 0 Å². The normalized spacial score (nSPS) is 18.4. The highest BCUT2D eigenvalue weighted by molar-refractivity contribution is 8.00. The summed E-state index contributed by atoms with van der Waals surface area (Å²) in [5.41, 5.74) is 1.60. The molecule has 1 saturated heterocycles. The van der Waals surface area contributed by atoms with Crippen LogP contribution in [0.1, 0.15) is 16.5 Å². The Morgan fingerprint density at radius 3 is 3.04 bits per heavy atom. The van der Waals surface area contributed by atoms with Crippen LogP contribution >= 0.6 is 34.9 Å². The van der Waals surface area contributed by atoms with E-state index in [0.29, 0.717) is 16.2 Å². The Bertz CT molecular complexity index is 814. The SMILES string of the molecule is O=C(CSc1nc2ccccc2o1)N1CCS[C@@H](c2cccs2)CC1. The van der Waals surface area contributed by atoms with Crippen LogP contribution in [0.3, 0.4) is 0 Å². The van der Waals surface area contributed by atoms with Crippen molar-refractivity contribution in [1.29, 1.82) is 0 Å². The molecule has 1 amide bonds. The Morgan fingerprint density at radius 2 is 2.20 bits per heavy atom. The highest BCUT2D eigenvalue weighted by atomic mass is 32.2. The first-order valence-corrected chi connectivity index (χ1v) is 11.1. The third kappa shape index (κ3) is 4.04. The molecule has 4 rings (SSSR count). The van der Waals surface area contributed by atoms with Crippen LogP contribution in [-0.4, -0.2) is 40.4 Å². The number of carbonyl (C=O) groups excluding carboxylic acids is 1. The fourth-order valence-electron chi connectivity index (χ4n) is 2.85. The highest BCUT2D eigenvalue weighted by Crippen LogP contribution is 2.36. The van der Waals surface area contributed by atoms with Crippen molar-refractivity contribution in [3.63, 3.8) is 0 Å². The molecule has 1 aromatic carbocycles. The molecule has 25 heavy (non-hydrogen) atoms. The number of hydrogen-bond acceptors (Lipinski definition) is 6. The molecule has 0 radical (unpaired) electrons. The van der Waals surface area contributed by atoms with E-state index in [1.807, 2.05) is 52.3 Å². The zero-order valence-corrected chi connectivity index (χ0v) is 16.0. The molecule has 0 N–H and O–H groups in total. The maximum absolute atomic E-state index is 12.6. The second-order valence-electron chi connectivity index (χ2n) is 5.78. The van der Waals surface area contributed by atoms with E-state index in [4.69, 9.17) is 4.42 Å². The number of rotatable bonds is 4. The summed E-state index contributed by atoms with van der Waals surface area (Å²) < 4.78 is 5.67. The molecule has 2 aromatic heterocycles. The lowest BCUT2D eigenvalue weighted by Gasteiger charge is -2.19. The van der Waals surface area contributed by atoms with Gasteiger partial charge in [-0.25, -0.2) is 4.98 Å². The molecule has 1 fully saturated rings. The Balaban J connectivity index is 1.33. The average molecular weight is 391 g/mol. The third-order valence-corrected chi connectivity index (χ3v) is 7.41. The van der Waals surface area contributed by atoms with Gasteiger partial charge < -0.3 is 9.32 Å². The first-order valence-electron chi connectivity index (χ1n) is 8.21. The number of amides is 1. The van der Waals surface area contributed by atoms with E-state index < -0.39 is 0 Å². The molecule has 0 unspecified atom stereocenters. The van der Waals surface area contributed by atoms with E-state index in [-0.39, 0.29) is 5.91 Å². The standard InChI is InChI=1S/C18H18N2O2S3/c21-17(12-25-18-19-13-4-1-2-5-14(13)22-18)20-8-7-16(24-11-9-20)15-6-3-10-23-15/h1-6,10,16H,7-9,11-12H2/t16-/m1/s1. The summed E-state index contributed by atoms with van der Waals surface area (Å²) >= 11 is 5.15. The maximum Gasteiger partial charge on any atom is 0.257 e. The van der Waals surface area contributed by atoms with Gasteiger partial charge in [-0.2, -0.15) is 11.8 Å². The Kier molecular flexibility index (Phi) is 5.33. The molecular formula is C18H18N2O2S3. The van der Waals surface area contributed by atoms with E-state index in [2.05, 4.69) is 22.5 Å². The van der Waals surface area contributed by atoms with Crippen LogP contribution in [0.4, 0.5) is 0 Å². The van der Waals surface area contributed by atoms with Crippen molar-refractivity contribution in [2.24, 2.45) is 0 Å². The number of thiophene rings is 1. The number of oxazole rings is 1. The second kappa shape index (κ2) is 7.85. The summed E-state index contributed by atoms with van der Waals surface area (Å²) in [6.45, 7) is 1.64. The molecule has 130 valence electrons. The number of para-hydroxylation sites is 2. The van der Waals surface area contributed by atoms with E-state index >= 15 is 0 Å². The monoisotopic (exact) mass is 390 g/mol. The van der Waals surface area contributed by atoms with Crippen LogP contribution in [0.5, 0.6) is 0 Å². The third-order valence-electron chi connectivity index (χ3n) is 4.15. The summed E-state index contributed by atoms with van der Waals surface area (Å²) in [6.07, 6.45) is 1.02. The van der Waals surface area contributed by atoms with Crippen LogP contribution in [0.2, 0.25) is 0 Å². The summed E-state index contributed by atoms with van der Waals surface area (Å²) in [4.78, 5) is 20.4. The quantitative estimate of drug-likeness (QED) is 0.605. The number of hydrogen-bond donors (Lipinski definition) is 0. The van der Waals surface area contributed by atoms with Gasteiger partial charge in [-0.3, -0.25) is 4.79 Å². The summed E-state index contributed by atoms with van der Waals surface area (Å²) in [5, 5.41) is 3.21. The lowest BCUT2D eigenvalue weighted by Crippen LogP contribution is -2.34. The van der Waals surface area contributed by atoms with Crippen LogP contribution in [0.15, 0.2) is 51.4 Å². The molecule has 7 heteroatoms. The van der Waals surface area contributed by atoms with Crippen molar-refractivity contribution >= 4 is 51.9 Å². The number of fused-ring (bicyclic) bond motifs is 1. The van der Waals surface area contributed by atoms with Crippen molar-refractivity contribution in [2.75, 3.05) is 24.6 Å². The lowest BCUT2D eigenvalue weighted by atomic mass is 10.2. The van der Waals surface area contributed by atoms with Crippen molar-refractivity contribution < 1.29 is 9.21 Å². The van der Waals surface area contributed by atoms with Gasteiger partial charge in [0.1, 0.15) is 5.52 Å². The molecule has 4 nitrogen and oxygen atoms in total.